The standard InChI is InChI=1S/C13H13N3OS/c17-13-8-14-7-10-3-1-2-4-11(10)16(13)9-12-15-5-6-18-12/h1-6,14H,7-9H2. The molecule has 1 aromatic carbocycles. The second kappa shape index (κ2) is 4.88. The molecule has 4 nitrogen and oxygen atoms in total. The number of thiazole rings is 1. The molecule has 2 aromatic rings. The van der Waals surface area contributed by atoms with E-state index >= 15 is 0 Å². The summed E-state index contributed by atoms with van der Waals surface area (Å²) in [5.74, 6) is 0.0927. The lowest BCUT2D eigenvalue weighted by Crippen LogP contribution is -2.35. The molecule has 1 N–H and O–H groups in total. The van der Waals surface area contributed by atoms with Crippen LogP contribution in [0.5, 0.6) is 0 Å². The van der Waals surface area contributed by atoms with Gasteiger partial charge in [-0.2, -0.15) is 0 Å². The Hall–Kier alpha value is -1.72. The number of rotatable bonds is 2. The zero-order chi connectivity index (χ0) is 12.4. The zero-order valence-electron chi connectivity index (χ0n) is 9.80. The van der Waals surface area contributed by atoms with Crippen LogP contribution in [0, 0.1) is 0 Å². The highest BCUT2D eigenvalue weighted by atomic mass is 32.1. The van der Waals surface area contributed by atoms with Crippen molar-refractivity contribution in [1.29, 1.82) is 0 Å². The summed E-state index contributed by atoms with van der Waals surface area (Å²) in [6.07, 6.45) is 1.77. The van der Waals surface area contributed by atoms with Crippen molar-refractivity contribution < 1.29 is 4.79 Å². The van der Waals surface area contributed by atoms with E-state index in [1.807, 2.05) is 28.5 Å². The van der Waals surface area contributed by atoms with Gasteiger partial charge in [-0.3, -0.25) is 4.79 Å². The average Bonchev–Trinajstić information content (AvgIpc) is 2.84. The van der Waals surface area contributed by atoms with Crippen LogP contribution in [0.3, 0.4) is 0 Å². The van der Waals surface area contributed by atoms with Crippen molar-refractivity contribution in [2.24, 2.45) is 0 Å². The van der Waals surface area contributed by atoms with Crippen LogP contribution in [0.4, 0.5) is 5.69 Å². The van der Waals surface area contributed by atoms with Crippen LogP contribution in [0.1, 0.15) is 10.6 Å². The number of anilines is 1. The van der Waals surface area contributed by atoms with Gasteiger partial charge in [0, 0.05) is 23.8 Å². The predicted molar refractivity (Wildman–Crippen MR) is 71.5 cm³/mol. The normalized spacial score (nSPS) is 15.3. The van der Waals surface area contributed by atoms with Gasteiger partial charge in [-0.05, 0) is 11.6 Å². The van der Waals surface area contributed by atoms with E-state index in [0.29, 0.717) is 13.1 Å². The van der Waals surface area contributed by atoms with Crippen LogP contribution in [-0.2, 0) is 17.9 Å². The maximum absolute atomic E-state index is 12.1. The van der Waals surface area contributed by atoms with E-state index in [1.54, 1.807) is 17.5 Å². The number of carbonyl (C=O) groups excluding carboxylic acids is 1. The SMILES string of the molecule is O=C1CNCc2ccccc2N1Cc1nccs1. The van der Waals surface area contributed by atoms with Crippen LogP contribution in [0.2, 0.25) is 0 Å². The van der Waals surface area contributed by atoms with E-state index in [-0.39, 0.29) is 5.91 Å². The smallest absolute Gasteiger partial charge is 0.241 e. The van der Waals surface area contributed by atoms with Crippen molar-refractivity contribution in [2.45, 2.75) is 13.1 Å². The first kappa shape index (κ1) is 11.4. The van der Waals surface area contributed by atoms with Crippen molar-refractivity contribution in [3.05, 3.63) is 46.4 Å². The molecule has 1 amide bonds. The first-order valence-electron chi connectivity index (χ1n) is 5.82. The molecule has 0 bridgehead atoms. The Morgan fingerprint density at radius 2 is 2.22 bits per heavy atom. The van der Waals surface area contributed by atoms with Crippen molar-refractivity contribution in [3.63, 3.8) is 0 Å². The molecule has 0 aliphatic carbocycles. The highest BCUT2D eigenvalue weighted by molar-refractivity contribution is 7.09. The summed E-state index contributed by atoms with van der Waals surface area (Å²) >= 11 is 1.57. The Kier molecular flexibility index (Phi) is 3.08. The highest BCUT2D eigenvalue weighted by Gasteiger charge is 2.22. The molecule has 0 spiro atoms. The second-order valence-corrected chi connectivity index (χ2v) is 5.12. The van der Waals surface area contributed by atoms with E-state index in [1.165, 1.54) is 0 Å². The lowest BCUT2D eigenvalue weighted by atomic mass is 10.1. The molecule has 0 saturated carbocycles. The summed E-state index contributed by atoms with van der Waals surface area (Å²) in [4.78, 5) is 18.2. The number of nitrogens with zero attached hydrogens (tertiary/aromatic N) is 2. The minimum atomic E-state index is 0.0927. The topological polar surface area (TPSA) is 45.2 Å². The molecule has 1 aliphatic heterocycles. The van der Waals surface area contributed by atoms with Crippen LogP contribution in [0.15, 0.2) is 35.8 Å². The van der Waals surface area contributed by atoms with Crippen molar-refractivity contribution in [1.82, 2.24) is 10.3 Å². The van der Waals surface area contributed by atoms with Crippen LogP contribution in [0.25, 0.3) is 0 Å². The van der Waals surface area contributed by atoms with Gasteiger partial charge >= 0.3 is 0 Å². The number of hydrogen-bond acceptors (Lipinski definition) is 4. The summed E-state index contributed by atoms with van der Waals surface area (Å²) in [6, 6.07) is 8.01. The number of amides is 1. The van der Waals surface area contributed by atoms with E-state index in [4.69, 9.17) is 0 Å². The van der Waals surface area contributed by atoms with E-state index < -0.39 is 0 Å². The van der Waals surface area contributed by atoms with Gasteiger partial charge in [0.05, 0.1) is 13.1 Å². The summed E-state index contributed by atoms with van der Waals surface area (Å²) in [6.45, 7) is 1.66. The van der Waals surface area contributed by atoms with Crippen LogP contribution in [-0.4, -0.2) is 17.4 Å². The van der Waals surface area contributed by atoms with Crippen molar-refractivity contribution in [3.8, 4) is 0 Å². The molecule has 92 valence electrons. The molecule has 3 rings (SSSR count). The lowest BCUT2D eigenvalue weighted by molar-refractivity contribution is -0.117. The third kappa shape index (κ3) is 2.14. The van der Waals surface area contributed by atoms with Crippen molar-refractivity contribution >= 4 is 22.9 Å². The molecule has 2 heterocycles. The number of nitrogens with one attached hydrogen (secondary N) is 1. The molecule has 0 unspecified atom stereocenters. The maximum atomic E-state index is 12.1. The fourth-order valence-electron chi connectivity index (χ4n) is 2.10. The van der Waals surface area contributed by atoms with E-state index in [2.05, 4.69) is 16.4 Å². The third-order valence-corrected chi connectivity index (χ3v) is 3.72. The molecule has 1 aromatic heterocycles. The Bertz CT molecular complexity index is 553. The Labute approximate surface area is 109 Å². The number of fused-ring (bicyclic) bond motifs is 1. The van der Waals surface area contributed by atoms with Gasteiger partial charge in [0.25, 0.3) is 0 Å². The quantitative estimate of drug-likeness (QED) is 0.894. The number of hydrogen-bond donors (Lipinski definition) is 1. The zero-order valence-corrected chi connectivity index (χ0v) is 10.6. The highest BCUT2D eigenvalue weighted by Crippen LogP contribution is 2.24. The molecule has 0 fully saturated rings. The van der Waals surface area contributed by atoms with Gasteiger partial charge in [-0.15, -0.1) is 11.3 Å². The fourth-order valence-corrected chi connectivity index (χ4v) is 2.70. The molecule has 0 radical (unpaired) electrons. The number of benzene rings is 1. The monoisotopic (exact) mass is 259 g/mol. The Morgan fingerprint density at radius 1 is 1.33 bits per heavy atom. The van der Waals surface area contributed by atoms with Crippen LogP contribution < -0.4 is 10.2 Å². The van der Waals surface area contributed by atoms with Gasteiger partial charge < -0.3 is 10.2 Å². The fraction of sp³-hybridized carbons (Fsp3) is 0.231. The lowest BCUT2D eigenvalue weighted by Gasteiger charge is -2.21. The first-order valence-corrected chi connectivity index (χ1v) is 6.70. The number of para-hydroxylation sites is 1. The first-order chi connectivity index (χ1) is 8.84. The average molecular weight is 259 g/mol. The Balaban J connectivity index is 1.97. The molecule has 5 heteroatoms. The number of aromatic nitrogens is 1. The summed E-state index contributed by atoms with van der Waals surface area (Å²) in [7, 11) is 0. The van der Waals surface area contributed by atoms with E-state index in [0.717, 1.165) is 22.8 Å². The molecular weight excluding hydrogens is 246 g/mol. The van der Waals surface area contributed by atoms with Gasteiger partial charge in [0.15, 0.2) is 0 Å². The summed E-state index contributed by atoms with van der Waals surface area (Å²) in [5.41, 5.74) is 2.14. The van der Waals surface area contributed by atoms with E-state index in [9.17, 15) is 4.79 Å². The van der Waals surface area contributed by atoms with Crippen molar-refractivity contribution in [2.75, 3.05) is 11.4 Å². The van der Waals surface area contributed by atoms with Gasteiger partial charge in [0.1, 0.15) is 5.01 Å². The summed E-state index contributed by atoms with van der Waals surface area (Å²) in [5, 5.41) is 6.05. The van der Waals surface area contributed by atoms with Gasteiger partial charge in [-0.25, -0.2) is 4.98 Å². The maximum Gasteiger partial charge on any atom is 0.241 e. The third-order valence-electron chi connectivity index (χ3n) is 2.95. The van der Waals surface area contributed by atoms with Gasteiger partial charge in [0.2, 0.25) is 5.91 Å². The number of carbonyl (C=O) groups is 1. The molecular formula is C13H13N3OS. The molecule has 1 aliphatic rings. The summed E-state index contributed by atoms with van der Waals surface area (Å²) < 4.78 is 0. The molecule has 0 saturated heterocycles. The molecule has 18 heavy (non-hydrogen) atoms. The minimum absolute atomic E-state index is 0.0927. The Morgan fingerprint density at radius 3 is 3.06 bits per heavy atom. The van der Waals surface area contributed by atoms with Gasteiger partial charge in [-0.1, -0.05) is 18.2 Å². The largest absolute Gasteiger partial charge is 0.304 e. The second-order valence-electron chi connectivity index (χ2n) is 4.14. The van der Waals surface area contributed by atoms with Crippen LogP contribution >= 0.6 is 11.3 Å². The molecule has 0 atom stereocenters. The predicted octanol–water partition coefficient (Wildman–Crippen LogP) is 1.78. The minimum Gasteiger partial charge on any atom is -0.304 e.